The van der Waals surface area contributed by atoms with E-state index in [9.17, 15) is 20.1 Å². The van der Waals surface area contributed by atoms with E-state index in [0.717, 1.165) is 12.5 Å². The molecule has 0 radical (unpaired) electrons. The third-order valence-electron chi connectivity index (χ3n) is 4.02. The van der Waals surface area contributed by atoms with Crippen LogP contribution in [0.25, 0.3) is 22.3 Å². The molecular weight excluding hydrogens is 324 g/mol. The number of benzene rings is 2. The Labute approximate surface area is 143 Å². The molecule has 0 saturated heterocycles. The Morgan fingerprint density at radius 3 is 2.44 bits per heavy atom. The van der Waals surface area contributed by atoms with Gasteiger partial charge in [-0.05, 0) is 24.6 Å². The number of phenolic OH excluding ortho intramolecular Hbond substituents is 3. The fourth-order valence-corrected chi connectivity index (χ4v) is 2.83. The molecule has 0 spiro atoms. The van der Waals surface area contributed by atoms with E-state index >= 15 is 0 Å². The third-order valence-corrected chi connectivity index (χ3v) is 4.02. The Hall–Kier alpha value is -3.15. The second-order valence-electron chi connectivity index (χ2n) is 5.71. The largest absolute Gasteiger partial charge is 0.507 e. The molecule has 1 aromatic heterocycles. The van der Waals surface area contributed by atoms with Crippen molar-refractivity contribution in [1.29, 1.82) is 0 Å². The first-order valence-electron chi connectivity index (χ1n) is 7.85. The Kier molecular flexibility index (Phi) is 4.27. The second-order valence-corrected chi connectivity index (χ2v) is 5.71. The van der Waals surface area contributed by atoms with Gasteiger partial charge in [-0.25, -0.2) is 0 Å². The topological polar surface area (TPSA) is 100 Å². The Morgan fingerprint density at radius 1 is 1.04 bits per heavy atom. The first-order valence-corrected chi connectivity index (χ1v) is 7.85. The van der Waals surface area contributed by atoms with Crippen LogP contribution in [0.15, 0.2) is 39.5 Å². The first kappa shape index (κ1) is 16.7. The Morgan fingerprint density at radius 2 is 1.80 bits per heavy atom. The van der Waals surface area contributed by atoms with Crippen molar-refractivity contribution in [2.45, 2.75) is 19.8 Å². The van der Waals surface area contributed by atoms with Crippen LogP contribution in [0.5, 0.6) is 23.0 Å². The molecule has 0 aliphatic carbocycles. The second kappa shape index (κ2) is 6.39. The van der Waals surface area contributed by atoms with Gasteiger partial charge in [0.2, 0.25) is 0 Å². The van der Waals surface area contributed by atoms with Gasteiger partial charge in [-0.15, -0.1) is 0 Å². The zero-order chi connectivity index (χ0) is 18.1. The molecule has 0 unspecified atom stereocenters. The normalized spacial score (nSPS) is 11.0. The van der Waals surface area contributed by atoms with Crippen molar-refractivity contribution in [3.8, 4) is 34.3 Å². The number of methoxy groups -OCH3 is 1. The molecule has 3 N–H and O–H groups in total. The van der Waals surface area contributed by atoms with Gasteiger partial charge in [0.05, 0.1) is 7.11 Å². The molecule has 0 aliphatic heterocycles. The number of phenols is 3. The van der Waals surface area contributed by atoms with E-state index in [4.69, 9.17) is 9.15 Å². The predicted molar refractivity (Wildman–Crippen MR) is 93.5 cm³/mol. The molecular formula is C19H18O6. The molecule has 130 valence electrons. The lowest BCUT2D eigenvalue weighted by Crippen LogP contribution is -2.03. The molecule has 6 nitrogen and oxygen atoms in total. The first-order chi connectivity index (χ1) is 12.0. The van der Waals surface area contributed by atoms with Gasteiger partial charge in [0, 0.05) is 23.3 Å². The van der Waals surface area contributed by atoms with Crippen molar-refractivity contribution in [3.63, 3.8) is 0 Å². The number of hydrogen-bond acceptors (Lipinski definition) is 6. The third kappa shape index (κ3) is 2.87. The molecule has 2 aromatic carbocycles. The molecule has 1 heterocycles. The fraction of sp³-hybridized carbons (Fsp3) is 0.211. The van der Waals surface area contributed by atoms with Crippen LogP contribution in [0.4, 0.5) is 0 Å². The SMILES string of the molecule is CCCc1c(O)cc(O)c2c(=O)cc(-c3ccc(OC)c(O)c3)oc12. The molecule has 0 aliphatic rings. The van der Waals surface area contributed by atoms with Crippen molar-refractivity contribution < 1.29 is 24.5 Å². The monoisotopic (exact) mass is 342 g/mol. The molecule has 0 saturated carbocycles. The molecule has 0 amide bonds. The van der Waals surface area contributed by atoms with Gasteiger partial charge in [0.25, 0.3) is 0 Å². The number of ether oxygens (including phenoxy) is 1. The maximum atomic E-state index is 12.5. The zero-order valence-corrected chi connectivity index (χ0v) is 13.9. The summed E-state index contributed by atoms with van der Waals surface area (Å²) in [6, 6.07) is 7.02. The van der Waals surface area contributed by atoms with Crippen LogP contribution < -0.4 is 10.2 Å². The van der Waals surface area contributed by atoms with E-state index in [1.807, 2.05) is 6.92 Å². The number of fused-ring (bicyclic) bond motifs is 1. The lowest BCUT2D eigenvalue weighted by molar-refractivity contribution is 0.373. The number of aromatic hydroxyl groups is 3. The number of aryl methyl sites for hydroxylation is 1. The van der Waals surface area contributed by atoms with Gasteiger partial charge in [-0.2, -0.15) is 0 Å². The van der Waals surface area contributed by atoms with Crippen molar-refractivity contribution in [1.82, 2.24) is 0 Å². The molecule has 6 heteroatoms. The molecule has 0 fully saturated rings. The lowest BCUT2D eigenvalue weighted by atomic mass is 10.0. The Bertz CT molecular complexity index is 1000. The summed E-state index contributed by atoms with van der Waals surface area (Å²) in [5.74, 6) is -0.0168. The summed E-state index contributed by atoms with van der Waals surface area (Å²) in [5.41, 5.74) is 0.660. The Balaban J connectivity index is 2.30. The average molecular weight is 342 g/mol. The highest BCUT2D eigenvalue weighted by Gasteiger charge is 2.18. The van der Waals surface area contributed by atoms with Gasteiger partial charge in [-0.3, -0.25) is 4.79 Å². The van der Waals surface area contributed by atoms with E-state index in [1.54, 1.807) is 12.1 Å². The highest BCUT2D eigenvalue weighted by Crippen LogP contribution is 2.37. The van der Waals surface area contributed by atoms with Gasteiger partial charge >= 0.3 is 0 Å². The highest BCUT2D eigenvalue weighted by molar-refractivity contribution is 5.89. The van der Waals surface area contributed by atoms with Crippen LogP contribution in [-0.2, 0) is 6.42 Å². The minimum absolute atomic E-state index is 0.0303. The zero-order valence-electron chi connectivity index (χ0n) is 13.9. The summed E-state index contributed by atoms with van der Waals surface area (Å²) in [5, 5.41) is 30.1. The quantitative estimate of drug-likeness (QED) is 0.670. The fourth-order valence-electron chi connectivity index (χ4n) is 2.83. The van der Waals surface area contributed by atoms with Crippen molar-refractivity contribution in [2.24, 2.45) is 0 Å². The summed E-state index contributed by atoms with van der Waals surface area (Å²) >= 11 is 0. The van der Waals surface area contributed by atoms with E-state index in [2.05, 4.69) is 0 Å². The van der Waals surface area contributed by atoms with Crippen molar-refractivity contribution in [2.75, 3.05) is 7.11 Å². The summed E-state index contributed by atoms with van der Waals surface area (Å²) < 4.78 is 10.8. The minimum Gasteiger partial charge on any atom is -0.507 e. The molecule has 25 heavy (non-hydrogen) atoms. The maximum absolute atomic E-state index is 12.5. The molecule has 3 aromatic rings. The van der Waals surface area contributed by atoms with Crippen LogP contribution >= 0.6 is 0 Å². The van der Waals surface area contributed by atoms with Crippen LogP contribution in [-0.4, -0.2) is 22.4 Å². The van der Waals surface area contributed by atoms with Crippen LogP contribution in [0, 0.1) is 0 Å². The van der Waals surface area contributed by atoms with Crippen LogP contribution in [0.2, 0.25) is 0 Å². The van der Waals surface area contributed by atoms with E-state index in [-0.39, 0.29) is 34.0 Å². The van der Waals surface area contributed by atoms with Gasteiger partial charge in [0.1, 0.15) is 28.2 Å². The standard InChI is InChI=1S/C19H18O6/c1-3-4-11-12(20)8-14(22)18-15(23)9-17(25-19(11)18)10-5-6-16(24-2)13(21)7-10/h5-9,20-22H,3-4H2,1-2H3. The number of hydrogen-bond donors (Lipinski definition) is 3. The van der Waals surface area contributed by atoms with Gasteiger partial charge in [0.15, 0.2) is 16.9 Å². The summed E-state index contributed by atoms with van der Waals surface area (Å²) in [7, 11) is 1.44. The average Bonchev–Trinajstić information content (AvgIpc) is 2.57. The van der Waals surface area contributed by atoms with Gasteiger partial charge in [-0.1, -0.05) is 13.3 Å². The molecule has 0 bridgehead atoms. The molecule has 3 rings (SSSR count). The highest BCUT2D eigenvalue weighted by atomic mass is 16.5. The van der Waals surface area contributed by atoms with Gasteiger partial charge < -0.3 is 24.5 Å². The van der Waals surface area contributed by atoms with E-state index in [0.29, 0.717) is 23.3 Å². The summed E-state index contributed by atoms with van der Waals surface area (Å²) in [6.07, 6.45) is 1.22. The number of rotatable bonds is 4. The van der Waals surface area contributed by atoms with Crippen LogP contribution in [0.1, 0.15) is 18.9 Å². The van der Waals surface area contributed by atoms with Crippen molar-refractivity contribution in [3.05, 3.63) is 46.1 Å². The van der Waals surface area contributed by atoms with Crippen LogP contribution in [0.3, 0.4) is 0 Å². The minimum atomic E-state index is -0.429. The smallest absolute Gasteiger partial charge is 0.197 e. The van der Waals surface area contributed by atoms with E-state index in [1.165, 1.54) is 19.2 Å². The predicted octanol–water partition coefficient (Wildman–Crippen LogP) is 3.54. The summed E-state index contributed by atoms with van der Waals surface area (Å²) in [4.78, 5) is 12.5. The molecule has 0 atom stereocenters. The van der Waals surface area contributed by atoms with Crippen molar-refractivity contribution >= 4 is 11.0 Å². The summed E-state index contributed by atoms with van der Waals surface area (Å²) in [6.45, 7) is 1.93. The lowest BCUT2D eigenvalue weighted by Gasteiger charge is -2.11. The maximum Gasteiger partial charge on any atom is 0.197 e. The van der Waals surface area contributed by atoms with E-state index < -0.39 is 5.43 Å².